The number of rotatable bonds is 4. The maximum Gasteiger partial charge on any atom is 0.341 e. The molecule has 0 saturated heterocycles. The van der Waals surface area contributed by atoms with Gasteiger partial charge in [-0.05, 0) is 48.5 Å². The summed E-state index contributed by atoms with van der Waals surface area (Å²) in [5.41, 5.74) is 1.68. The Morgan fingerprint density at radius 3 is 2.58 bits per heavy atom. The van der Waals surface area contributed by atoms with E-state index in [-0.39, 0.29) is 12.3 Å². The van der Waals surface area contributed by atoms with Gasteiger partial charge in [-0.3, -0.25) is 4.79 Å². The van der Waals surface area contributed by atoms with Crippen LogP contribution in [0.3, 0.4) is 0 Å². The SMILES string of the molecule is O=C(c1ccc(Cl)cc1)c1cccn1Cc1cc2ccccc2oc1=O. The number of benzene rings is 2. The van der Waals surface area contributed by atoms with Crippen LogP contribution in [-0.4, -0.2) is 10.4 Å². The zero-order valence-electron chi connectivity index (χ0n) is 13.7. The van der Waals surface area contributed by atoms with Crippen LogP contribution in [0.25, 0.3) is 11.0 Å². The molecule has 0 unspecified atom stereocenters. The molecule has 0 aliphatic heterocycles. The van der Waals surface area contributed by atoms with Gasteiger partial charge in [-0.1, -0.05) is 29.8 Å². The van der Waals surface area contributed by atoms with Crippen LogP contribution in [0.5, 0.6) is 0 Å². The van der Waals surface area contributed by atoms with Crippen LogP contribution in [0, 0.1) is 0 Å². The van der Waals surface area contributed by atoms with E-state index in [0.29, 0.717) is 27.4 Å². The highest BCUT2D eigenvalue weighted by atomic mass is 35.5. The molecule has 0 aliphatic rings. The average Bonchev–Trinajstić information content (AvgIpc) is 3.10. The molecule has 4 nitrogen and oxygen atoms in total. The summed E-state index contributed by atoms with van der Waals surface area (Å²) >= 11 is 5.88. The highest BCUT2D eigenvalue weighted by Crippen LogP contribution is 2.17. The molecule has 0 fully saturated rings. The largest absolute Gasteiger partial charge is 0.422 e. The highest BCUT2D eigenvalue weighted by Gasteiger charge is 2.15. The first kappa shape index (κ1) is 16.4. The zero-order chi connectivity index (χ0) is 18.1. The molecule has 2 aromatic carbocycles. The van der Waals surface area contributed by atoms with Crippen LogP contribution in [-0.2, 0) is 6.54 Å². The smallest absolute Gasteiger partial charge is 0.341 e. The minimum Gasteiger partial charge on any atom is -0.422 e. The highest BCUT2D eigenvalue weighted by molar-refractivity contribution is 6.30. The van der Waals surface area contributed by atoms with E-state index in [1.807, 2.05) is 18.2 Å². The predicted octanol–water partition coefficient (Wildman–Crippen LogP) is 4.53. The van der Waals surface area contributed by atoms with Crippen molar-refractivity contribution in [3.63, 3.8) is 0 Å². The third-order valence-electron chi connectivity index (χ3n) is 4.22. The molecule has 5 heteroatoms. The van der Waals surface area contributed by atoms with Crippen molar-refractivity contribution in [2.45, 2.75) is 6.54 Å². The van der Waals surface area contributed by atoms with Crippen LogP contribution in [0.1, 0.15) is 21.6 Å². The van der Waals surface area contributed by atoms with Gasteiger partial charge < -0.3 is 8.98 Å². The van der Waals surface area contributed by atoms with Gasteiger partial charge in [-0.2, -0.15) is 0 Å². The first-order chi connectivity index (χ1) is 12.6. The Labute approximate surface area is 154 Å². The number of carbonyl (C=O) groups excluding carboxylic acids is 1. The first-order valence-corrected chi connectivity index (χ1v) is 8.47. The third-order valence-corrected chi connectivity index (χ3v) is 4.47. The standard InChI is InChI=1S/C21H14ClNO3/c22-17-9-7-14(8-10-17)20(24)18-5-3-11-23(18)13-16-12-15-4-1-2-6-19(15)26-21(16)25/h1-12H,13H2. The fraction of sp³-hybridized carbons (Fsp3) is 0.0476. The summed E-state index contributed by atoms with van der Waals surface area (Å²) in [5.74, 6) is -0.128. The summed E-state index contributed by atoms with van der Waals surface area (Å²) in [6.45, 7) is 0.259. The number of hydrogen-bond acceptors (Lipinski definition) is 3. The van der Waals surface area contributed by atoms with Crippen molar-refractivity contribution in [1.29, 1.82) is 0 Å². The molecule has 128 valence electrons. The number of aromatic nitrogens is 1. The summed E-state index contributed by atoms with van der Waals surface area (Å²) in [6.07, 6.45) is 1.78. The van der Waals surface area contributed by atoms with Crippen molar-refractivity contribution in [1.82, 2.24) is 4.57 Å². The lowest BCUT2D eigenvalue weighted by Gasteiger charge is -2.09. The number of fused-ring (bicyclic) bond motifs is 1. The molecule has 0 aliphatic carbocycles. The monoisotopic (exact) mass is 363 g/mol. The van der Waals surface area contributed by atoms with Crippen LogP contribution >= 0.6 is 11.6 Å². The van der Waals surface area contributed by atoms with Gasteiger partial charge in [0.15, 0.2) is 0 Å². The molecule has 0 amide bonds. The molecule has 0 saturated carbocycles. The van der Waals surface area contributed by atoms with E-state index in [4.69, 9.17) is 16.0 Å². The summed E-state index contributed by atoms with van der Waals surface area (Å²) in [5, 5.41) is 1.42. The van der Waals surface area contributed by atoms with Crippen LogP contribution < -0.4 is 5.63 Å². The molecule has 0 bridgehead atoms. The Hall–Kier alpha value is -3.11. The molecule has 0 N–H and O–H groups in total. The average molecular weight is 364 g/mol. The second-order valence-corrected chi connectivity index (χ2v) is 6.39. The number of para-hydroxylation sites is 1. The lowest BCUT2D eigenvalue weighted by Crippen LogP contribution is -2.15. The van der Waals surface area contributed by atoms with Crippen molar-refractivity contribution in [2.75, 3.05) is 0 Å². The minimum atomic E-state index is -0.401. The maximum atomic E-state index is 12.8. The fourth-order valence-electron chi connectivity index (χ4n) is 2.91. The van der Waals surface area contributed by atoms with Crippen LogP contribution in [0.15, 0.2) is 82.1 Å². The van der Waals surface area contributed by atoms with Gasteiger partial charge in [-0.25, -0.2) is 4.79 Å². The van der Waals surface area contributed by atoms with Crippen molar-refractivity contribution in [3.8, 4) is 0 Å². The molecule has 4 aromatic rings. The number of halogens is 1. The topological polar surface area (TPSA) is 52.2 Å². The molecule has 4 rings (SSSR count). The number of nitrogens with zero attached hydrogens (tertiary/aromatic N) is 1. The van der Waals surface area contributed by atoms with Crippen LogP contribution in [0.2, 0.25) is 5.02 Å². The van der Waals surface area contributed by atoms with Gasteiger partial charge in [0.25, 0.3) is 0 Å². The van der Waals surface area contributed by atoms with E-state index in [0.717, 1.165) is 5.39 Å². The Balaban J connectivity index is 1.69. The van der Waals surface area contributed by atoms with Crippen molar-refractivity contribution in [2.24, 2.45) is 0 Å². The fourth-order valence-corrected chi connectivity index (χ4v) is 3.03. The molecular weight excluding hydrogens is 350 g/mol. The molecule has 2 aromatic heterocycles. The Bertz CT molecular complexity index is 1160. The van der Waals surface area contributed by atoms with Crippen molar-refractivity contribution < 1.29 is 9.21 Å². The normalized spacial score (nSPS) is 11.0. The molecular formula is C21H14ClNO3. The van der Waals surface area contributed by atoms with Gasteiger partial charge in [0.1, 0.15) is 5.58 Å². The Morgan fingerprint density at radius 2 is 1.77 bits per heavy atom. The van der Waals surface area contributed by atoms with E-state index in [1.165, 1.54) is 0 Å². The third kappa shape index (κ3) is 3.07. The van der Waals surface area contributed by atoms with E-state index >= 15 is 0 Å². The number of ketones is 1. The summed E-state index contributed by atoms with van der Waals surface area (Å²) < 4.78 is 7.12. The predicted molar refractivity (Wildman–Crippen MR) is 101 cm³/mol. The second-order valence-electron chi connectivity index (χ2n) is 5.95. The first-order valence-electron chi connectivity index (χ1n) is 8.09. The number of carbonyl (C=O) groups is 1. The van der Waals surface area contributed by atoms with E-state index in [2.05, 4.69) is 0 Å². The van der Waals surface area contributed by atoms with Crippen molar-refractivity contribution in [3.05, 3.63) is 105 Å². The zero-order valence-corrected chi connectivity index (χ0v) is 14.4. The van der Waals surface area contributed by atoms with E-state index < -0.39 is 5.63 Å². The molecule has 2 heterocycles. The van der Waals surface area contributed by atoms with Gasteiger partial charge in [0.2, 0.25) is 5.78 Å². The van der Waals surface area contributed by atoms with E-state index in [9.17, 15) is 9.59 Å². The second kappa shape index (κ2) is 6.65. The van der Waals surface area contributed by atoms with E-state index in [1.54, 1.807) is 59.3 Å². The Morgan fingerprint density at radius 1 is 1.00 bits per heavy atom. The quantitative estimate of drug-likeness (QED) is 0.395. The van der Waals surface area contributed by atoms with Crippen molar-refractivity contribution >= 4 is 28.4 Å². The van der Waals surface area contributed by atoms with Gasteiger partial charge in [0.05, 0.1) is 17.8 Å². The summed E-state index contributed by atoms with van der Waals surface area (Å²) in [7, 11) is 0. The molecule has 0 radical (unpaired) electrons. The lowest BCUT2D eigenvalue weighted by atomic mass is 10.1. The molecule has 26 heavy (non-hydrogen) atoms. The summed E-state index contributed by atoms with van der Waals surface area (Å²) in [6, 6.07) is 19.4. The van der Waals surface area contributed by atoms with Gasteiger partial charge in [-0.15, -0.1) is 0 Å². The molecule has 0 atom stereocenters. The lowest BCUT2D eigenvalue weighted by molar-refractivity contribution is 0.103. The van der Waals surface area contributed by atoms with Gasteiger partial charge in [0, 0.05) is 22.2 Å². The number of hydrogen-bond donors (Lipinski definition) is 0. The molecule has 0 spiro atoms. The van der Waals surface area contributed by atoms with Crippen LogP contribution in [0.4, 0.5) is 0 Å². The summed E-state index contributed by atoms with van der Waals surface area (Å²) in [4.78, 5) is 25.0. The van der Waals surface area contributed by atoms with Gasteiger partial charge >= 0.3 is 5.63 Å². The minimum absolute atomic E-state index is 0.128. The maximum absolute atomic E-state index is 12.8. The Kier molecular flexibility index (Phi) is 4.19.